The average molecular weight is 318 g/mol. The number of aromatic amines is 1. The maximum Gasteiger partial charge on any atom is 0.361 e. The number of esters is 1. The van der Waals surface area contributed by atoms with Gasteiger partial charge in [-0.25, -0.2) is 4.79 Å². The molecule has 0 radical (unpaired) electrons. The summed E-state index contributed by atoms with van der Waals surface area (Å²) in [4.78, 5) is 14.0. The van der Waals surface area contributed by atoms with E-state index < -0.39 is 5.97 Å². The molecule has 0 amide bonds. The number of aromatic hydroxyl groups is 1. The van der Waals surface area contributed by atoms with Gasteiger partial charge in [0.1, 0.15) is 11.4 Å². The first-order chi connectivity index (χ1) is 11.2. The molecular formula is C15H18N4O4. The highest BCUT2D eigenvalue weighted by atomic mass is 16.5. The van der Waals surface area contributed by atoms with Gasteiger partial charge in [-0.15, -0.1) is 5.10 Å². The monoisotopic (exact) mass is 318 g/mol. The van der Waals surface area contributed by atoms with Gasteiger partial charge in [-0.1, -0.05) is 0 Å². The number of nitrogens with zero attached hydrogens (tertiary/aromatic N) is 3. The number of H-pyrrole nitrogens is 1. The highest BCUT2D eigenvalue weighted by Crippen LogP contribution is 2.33. The van der Waals surface area contributed by atoms with Gasteiger partial charge in [0.2, 0.25) is 0 Å². The SMILES string of the molecule is CCOC(=O)c1n[nH]nc1-c1ccc(N2CCOCC2)cc1O. The minimum absolute atomic E-state index is 0.0356. The molecule has 8 nitrogen and oxygen atoms in total. The second kappa shape index (κ2) is 6.66. The molecule has 0 bridgehead atoms. The van der Waals surface area contributed by atoms with Crippen molar-refractivity contribution in [3.63, 3.8) is 0 Å². The van der Waals surface area contributed by atoms with Crippen molar-refractivity contribution in [2.45, 2.75) is 6.92 Å². The van der Waals surface area contributed by atoms with E-state index >= 15 is 0 Å². The summed E-state index contributed by atoms with van der Waals surface area (Å²) in [6, 6.07) is 5.26. The van der Waals surface area contributed by atoms with E-state index in [2.05, 4.69) is 20.3 Å². The maximum atomic E-state index is 11.9. The molecule has 1 aliphatic heterocycles. The quantitative estimate of drug-likeness (QED) is 0.817. The number of aromatic nitrogens is 3. The van der Waals surface area contributed by atoms with E-state index in [1.165, 1.54) is 0 Å². The Morgan fingerprint density at radius 2 is 2.17 bits per heavy atom. The predicted molar refractivity (Wildman–Crippen MR) is 82.5 cm³/mol. The Morgan fingerprint density at radius 1 is 1.39 bits per heavy atom. The van der Waals surface area contributed by atoms with Crippen molar-refractivity contribution >= 4 is 11.7 Å². The molecule has 0 saturated carbocycles. The van der Waals surface area contributed by atoms with E-state index in [4.69, 9.17) is 9.47 Å². The minimum Gasteiger partial charge on any atom is -0.507 e. The summed E-state index contributed by atoms with van der Waals surface area (Å²) in [6.07, 6.45) is 0. The Labute approximate surface area is 133 Å². The van der Waals surface area contributed by atoms with Gasteiger partial charge in [-0.3, -0.25) is 0 Å². The third kappa shape index (κ3) is 3.11. The minimum atomic E-state index is -0.576. The maximum absolute atomic E-state index is 11.9. The number of morpholine rings is 1. The Balaban J connectivity index is 1.89. The van der Waals surface area contributed by atoms with E-state index in [-0.39, 0.29) is 23.7 Å². The number of carbonyl (C=O) groups is 1. The summed E-state index contributed by atoms with van der Waals surface area (Å²) in [5.41, 5.74) is 1.66. The topological polar surface area (TPSA) is 101 Å². The summed E-state index contributed by atoms with van der Waals surface area (Å²) >= 11 is 0. The third-order valence-electron chi connectivity index (χ3n) is 3.63. The van der Waals surface area contributed by atoms with Crippen molar-refractivity contribution in [2.75, 3.05) is 37.8 Å². The third-order valence-corrected chi connectivity index (χ3v) is 3.63. The molecule has 2 N–H and O–H groups in total. The van der Waals surface area contributed by atoms with Crippen LogP contribution >= 0.6 is 0 Å². The average Bonchev–Trinajstić information content (AvgIpc) is 3.05. The van der Waals surface area contributed by atoms with Crippen LogP contribution in [0.25, 0.3) is 11.3 Å². The molecule has 2 aromatic rings. The van der Waals surface area contributed by atoms with Crippen LogP contribution in [-0.4, -0.2) is 59.4 Å². The largest absolute Gasteiger partial charge is 0.507 e. The number of rotatable bonds is 4. The van der Waals surface area contributed by atoms with Crippen LogP contribution in [0, 0.1) is 0 Å². The molecule has 1 saturated heterocycles. The van der Waals surface area contributed by atoms with Crippen LogP contribution in [0.3, 0.4) is 0 Å². The van der Waals surface area contributed by atoms with E-state index in [1.54, 1.807) is 19.1 Å². The molecule has 1 aromatic heterocycles. The zero-order chi connectivity index (χ0) is 16.2. The summed E-state index contributed by atoms with van der Waals surface area (Å²) in [6.45, 7) is 4.84. The lowest BCUT2D eigenvalue weighted by atomic mass is 10.1. The molecule has 2 heterocycles. The Morgan fingerprint density at radius 3 is 2.87 bits per heavy atom. The number of anilines is 1. The van der Waals surface area contributed by atoms with Crippen LogP contribution in [0.15, 0.2) is 18.2 Å². The molecule has 0 aliphatic carbocycles. The van der Waals surface area contributed by atoms with Gasteiger partial charge in [0.25, 0.3) is 0 Å². The lowest BCUT2D eigenvalue weighted by molar-refractivity contribution is 0.0520. The Hall–Kier alpha value is -2.61. The van der Waals surface area contributed by atoms with Crippen molar-refractivity contribution < 1.29 is 19.4 Å². The number of phenolic OH excluding ortho intramolecular Hbond substituents is 1. The predicted octanol–water partition coefficient (Wildman–Crippen LogP) is 1.19. The number of phenols is 1. The van der Waals surface area contributed by atoms with Crippen molar-refractivity contribution in [2.24, 2.45) is 0 Å². The van der Waals surface area contributed by atoms with Crippen LogP contribution in [0.4, 0.5) is 5.69 Å². The van der Waals surface area contributed by atoms with Crippen molar-refractivity contribution in [1.29, 1.82) is 0 Å². The fourth-order valence-corrected chi connectivity index (χ4v) is 2.50. The van der Waals surface area contributed by atoms with Crippen LogP contribution in [0.2, 0.25) is 0 Å². The summed E-state index contributed by atoms with van der Waals surface area (Å²) < 4.78 is 10.3. The molecule has 0 atom stereocenters. The van der Waals surface area contributed by atoms with Gasteiger partial charge >= 0.3 is 5.97 Å². The molecule has 23 heavy (non-hydrogen) atoms. The zero-order valence-corrected chi connectivity index (χ0v) is 12.8. The molecule has 3 rings (SSSR count). The molecule has 8 heteroatoms. The van der Waals surface area contributed by atoms with Gasteiger partial charge in [-0.05, 0) is 19.1 Å². The van der Waals surface area contributed by atoms with Crippen LogP contribution < -0.4 is 4.90 Å². The first-order valence-electron chi connectivity index (χ1n) is 7.44. The van der Waals surface area contributed by atoms with Crippen molar-refractivity contribution in [3.05, 3.63) is 23.9 Å². The molecule has 122 valence electrons. The molecule has 1 aromatic carbocycles. The highest BCUT2D eigenvalue weighted by molar-refractivity contribution is 5.94. The van der Waals surface area contributed by atoms with E-state index in [0.29, 0.717) is 18.8 Å². The first-order valence-corrected chi connectivity index (χ1v) is 7.44. The smallest absolute Gasteiger partial charge is 0.361 e. The number of carbonyl (C=O) groups excluding carboxylic acids is 1. The molecule has 1 fully saturated rings. The van der Waals surface area contributed by atoms with E-state index in [1.807, 2.05) is 6.07 Å². The fraction of sp³-hybridized carbons (Fsp3) is 0.400. The second-order valence-electron chi connectivity index (χ2n) is 5.04. The zero-order valence-electron chi connectivity index (χ0n) is 12.8. The fourth-order valence-electron chi connectivity index (χ4n) is 2.50. The van der Waals surface area contributed by atoms with E-state index in [0.717, 1.165) is 18.8 Å². The van der Waals surface area contributed by atoms with Crippen LogP contribution in [-0.2, 0) is 9.47 Å². The molecular weight excluding hydrogens is 300 g/mol. The summed E-state index contributed by atoms with van der Waals surface area (Å²) in [5.74, 6) is -0.540. The first kappa shape index (κ1) is 15.3. The normalized spacial score (nSPS) is 14.7. The van der Waals surface area contributed by atoms with Gasteiger partial charge in [-0.2, -0.15) is 10.3 Å². The summed E-state index contributed by atoms with van der Waals surface area (Å²) in [7, 11) is 0. The number of hydrogen-bond donors (Lipinski definition) is 2. The van der Waals surface area contributed by atoms with Crippen LogP contribution in [0.5, 0.6) is 5.75 Å². The molecule has 0 unspecified atom stereocenters. The van der Waals surface area contributed by atoms with Crippen molar-refractivity contribution in [3.8, 4) is 17.0 Å². The highest BCUT2D eigenvalue weighted by Gasteiger charge is 2.22. The van der Waals surface area contributed by atoms with Crippen LogP contribution in [0.1, 0.15) is 17.4 Å². The van der Waals surface area contributed by atoms with E-state index in [9.17, 15) is 9.90 Å². The number of ether oxygens (including phenoxy) is 2. The molecule has 0 spiro atoms. The molecule has 1 aliphatic rings. The lowest BCUT2D eigenvalue weighted by Crippen LogP contribution is -2.36. The summed E-state index contributed by atoms with van der Waals surface area (Å²) in [5, 5.41) is 20.5. The van der Waals surface area contributed by atoms with Crippen molar-refractivity contribution in [1.82, 2.24) is 15.4 Å². The van der Waals surface area contributed by atoms with Gasteiger partial charge in [0.05, 0.1) is 19.8 Å². The Kier molecular flexibility index (Phi) is 4.42. The lowest BCUT2D eigenvalue weighted by Gasteiger charge is -2.29. The van der Waals surface area contributed by atoms with Gasteiger partial charge in [0, 0.05) is 30.4 Å². The number of nitrogens with one attached hydrogen (secondary N) is 1. The second-order valence-corrected chi connectivity index (χ2v) is 5.04. The number of hydrogen-bond acceptors (Lipinski definition) is 7. The Bertz CT molecular complexity index is 695. The standard InChI is InChI=1S/C15H18N4O4/c1-2-23-15(21)14-13(16-18-17-14)11-4-3-10(9-12(11)20)19-5-7-22-8-6-19/h3-4,9,20H,2,5-8H2,1H3,(H,16,17,18). The number of benzene rings is 1. The van der Waals surface area contributed by atoms with Gasteiger partial charge in [0.15, 0.2) is 5.69 Å². The van der Waals surface area contributed by atoms with Gasteiger partial charge < -0.3 is 19.5 Å².